The van der Waals surface area contributed by atoms with Gasteiger partial charge in [0, 0.05) is 45.3 Å². The summed E-state index contributed by atoms with van der Waals surface area (Å²) in [6, 6.07) is 0.751. The molecule has 0 aliphatic carbocycles. The summed E-state index contributed by atoms with van der Waals surface area (Å²) in [5, 5.41) is 0. The summed E-state index contributed by atoms with van der Waals surface area (Å²) in [5.41, 5.74) is 0. The van der Waals surface area contributed by atoms with Crippen LogP contribution in [0, 0.1) is 5.92 Å². The van der Waals surface area contributed by atoms with Crippen molar-refractivity contribution in [3.8, 4) is 0 Å². The maximum absolute atomic E-state index is 2.68. The van der Waals surface area contributed by atoms with Crippen LogP contribution in [-0.4, -0.2) is 73.1 Å². The van der Waals surface area contributed by atoms with Gasteiger partial charge in [0.1, 0.15) is 0 Å². The zero-order chi connectivity index (χ0) is 15.5. The third-order valence-corrected chi connectivity index (χ3v) is 4.25. The molecule has 2 fully saturated rings. The molecule has 2 saturated heterocycles. The van der Waals surface area contributed by atoms with Crippen molar-refractivity contribution < 1.29 is 0 Å². The summed E-state index contributed by atoms with van der Waals surface area (Å²) in [6.45, 7) is 25.2. The Balaban J connectivity index is 0.000000829. The van der Waals surface area contributed by atoms with Gasteiger partial charge in [0.25, 0.3) is 0 Å². The average Bonchev–Trinajstić information content (AvgIpc) is 2.47. The van der Waals surface area contributed by atoms with Gasteiger partial charge in [0.15, 0.2) is 0 Å². The summed E-state index contributed by atoms with van der Waals surface area (Å²) in [7, 11) is 0. The molecule has 1 atom stereocenters. The number of likely N-dealkylation sites (tertiary alicyclic amines) is 1. The van der Waals surface area contributed by atoms with Gasteiger partial charge in [0.2, 0.25) is 0 Å². The average molecular weight is 286 g/mol. The van der Waals surface area contributed by atoms with Gasteiger partial charge in [-0.1, -0.05) is 41.5 Å². The van der Waals surface area contributed by atoms with Crippen molar-refractivity contribution in [3.05, 3.63) is 0 Å². The highest BCUT2D eigenvalue weighted by Crippen LogP contribution is 2.18. The molecule has 0 bridgehead atoms. The van der Waals surface area contributed by atoms with Gasteiger partial charge in [0.05, 0.1) is 0 Å². The van der Waals surface area contributed by atoms with Gasteiger partial charge in [-0.2, -0.15) is 0 Å². The van der Waals surface area contributed by atoms with E-state index in [1.165, 1.54) is 52.4 Å². The van der Waals surface area contributed by atoms with Gasteiger partial charge >= 0.3 is 0 Å². The molecular weight excluding hydrogens is 246 g/mol. The zero-order valence-corrected chi connectivity index (χ0v) is 15.2. The van der Waals surface area contributed by atoms with E-state index in [1.807, 2.05) is 27.7 Å². The SMILES string of the molecule is CC.CC.CCN1CC(CN2CCN(CC)C(C)C2)C1. The third-order valence-electron chi connectivity index (χ3n) is 4.25. The minimum Gasteiger partial charge on any atom is -0.303 e. The molecule has 1 unspecified atom stereocenters. The van der Waals surface area contributed by atoms with Crippen LogP contribution in [0.5, 0.6) is 0 Å². The lowest BCUT2D eigenvalue weighted by atomic mass is 9.99. The van der Waals surface area contributed by atoms with Crippen LogP contribution in [0.15, 0.2) is 0 Å². The Hall–Kier alpha value is -0.120. The van der Waals surface area contributed by atoms with Crippen LogP contribution in [0.25, 0.3) is 0 Å². The van der Waals surface area contributed by atoms with E-state index in [1.54, 1.807) is 0 Å². The first-order valence-corrected chi connectivity index (χ1v) is 8.91. The smallest absolute Gasteiger partial charge is 0.0195 e. The molecule has 122 valence electrons. The molecule has 2 rings (SSSR count). The van der Waals surface area contributed by atoms with E-state index < -0.39 is 0 Å². The van der Waals surface area contributed by atoms with Crippen molar-refractivity contribution in [1.82, 2.24) is 14.7 Å². The molecule has 0 aromatic rings. The predicted octanol–water partition coefficient (Wildman–Crippen LogP) is 3.02. The van der Waals surface area contributed by atoms with Crippen LogP contribution >= 0.6 is 0 Å². The number of piperazine rings is 1. The van der Waals surface area contributed by atoms with Crippen molar-refractivity contribution >= 4 is 0 Å². The molecule has 0 N–H and O–H groups in total. The van der Waals surface area contributed by atoms with Crippen molar-refractivity contribution in [2.24, 2.45) is 5.92 Å². The molecule has 0 aromatic heterocycles. The Kier molecular flexibility index (Phi) is 11.5. The fourth-order valence-electron chi connectivity index (χ4n) is 3.12. The molecule has 20 heavy (non-hydrogen) atoms. The number of hydrogen-bond donors (Lipinski definition) is 0. The van der Waals surface area contributed by atoms with Gasteiger partial charge < -0.3 is 9.80 Å². The fourth-order valence-corrected chi connectivity index (χ4v) is 3.12. The molecule has 2 aliphatic heterocycles. The van der Waals surface area contributed by atoms with Crippen molar-refractivity contribution in [3.63, 3.8) is 0 Å². The van der Waals surface area contributed by atoms with Crippen LogP contribution in [0.3, 0.4) is 0 Å². The lowest BCUT2D eigenvalue weighted by Crippen LogP contribution is -2.56. The van der Waals surface area contributed by atoms with E-state index in [0.717, 1.165) is 12.0 Å². The Morgan fingerprint density at radius 2 is 1.40 bits per heavy atom. The summed E-state index contributed by atoms with van der Waals surface area (Å²) >= 11 is 0. The number of hydrogen-bond acceptors (Lipinski definition) is 3. The number of nitrogens with zero attached hydrogens (tertiary/aromatic N) is 3. The van der Waals surface area contributed by atoms with Crippen molar-refractivity contribution in [2.45, 2.75) is 54.5 Å². The summed E-state index contributed by atoms with van der Waals surface area (Å²) in [5.74, 6) is 0.945. The Morgan fingerprint density at radius 3 is 1.85 bits per heavy atom. The Bertz CT molecular complexity index is 214. The predicted molar refractivity (Wildman–Crippen MR) is 91.4 cm³/mol. The number of likely N-dealkylation sites (N-methyl/N-ethyl adjacent to an activating group) is 1. The molecule has 3 nitrogen and oxygen atoms in total. The largest absolute Gasteiger partial charge is 0.303 e. The van der Waals surface area contributed by atoms with E-state index >= 15 is 0 Å². The lowest BCUT2D eigenvalue weighted by molar-refractivity contribution is 0.0335. The second-order valence-corrected chi connectivity index (χ2v) is 5.46. The normalized spacial score (nSPS) is 25.1. The van der Waals surface area contributed by atoms with Crippen LogP contribution in [0.4, 0.5) is 0 Å². The van der Waals surface area contributed by atoms with Crippen molar-refractivity contribution in [2.75, 3.05) is 52.4 Å². The van der Waals surface area contributed by atoms with Crippen LogP contribution in [0.1, 0.15) is 48.5 Å². The van der Waals surface area contributed by atoms with Crippen LogP contribution in [-0.2, 0) is 0 Å². The highest BCUT2D eigenvalue weighted by Gasteiger charge is 2.29. The molecule has 2 heterocycles. The van der Waals surface area contributed by atoms with Crippen molar-refractivity contribution in [1.29, 1.82) is 0 Å². The van der Waals surface area contributed by atoms with E-state index in [0.29, 0.717) is 0 Å². The maximum Gasteiger partial charge on any atom is 0.0195 e. The minimum atomic E-state index is 0.751. The molecule has 0 saturated carbocycles. The Labute approximate surface area is 128 Å². The molecule has 0 aromatic carbocycles. The van der Waals surface area contributed by atoms with E-state index in [4.69, 9.17) is 0 Å². The quantitative estimate of drug-likeness (QED) is 0.786. The minimum absolute atomic E-state index is 0.751. The van der Waals surface area contributed by atoms with Gasteiger partial charge in [-0.3, -0.25) is 4.90 Å². The lowest BCUT2D eigenvalue weighted by Gasteiger charge is -2.45. The highest BCUT2D eigenvalue weighted by atomic mass is 15.3. The van der Waals surface area contributed by atoms with Gasteiger partial charge in [-0.05, 0) is 25.9 Å². The first-order chi connectivity index (χ1) is 9.72. The topological polar surface area (TPSA) is 9.72 Å². The summed E-state index contributed by atoms with van der Waals surface area (Å²) < 4.78 is 0. The second kappa shape index (κ2) is 11.5. The molecular formula is C17H39N3. The van der Waals surface area contributed by atoms with Gasteiger partial charge in [-0.15, -0.1) is 0 Å². The first-order valence-electron chi connectivity index (χ1n) is 8.91. The highest BCUT2D eigenvalue weighted by molar-refractivity contribution is 4.85. The third kappa shape index (κ3) is 6.11. The van der Waals surface area contributed by atoms with Gasteiger partial charge in [-0.25, -0.2) is 0 Å². The van der Waals surface area contributed by atoms with Crippen LogP contribution in [0.2, 0.25) is 0 Å². The van der Waals surface area contributed by atoms with E-state index in [9.17, 15) is 0 Å². The first kappa shape index (κ1) is 19.9. The fraction of sp³-hybridized carbons (Fsp3) is 1.00. The summed E-state index contributed by atoms with van der Waals surface area (Å²) in [4.78, 5) is 7.81. The zero-order valence-electron chi connectivity index (χ0n) is 15.2. The van der Waals surface area contributed by atoms with Crippen LogP contribution < -0.4 is 0 Å². The van der Waals surface area contributed by atoms with E-state index in [2.05, 4.69) is 35.5 Å². The molecule has 0 radical (unpaired) electrons. The number of rotatable bonds is 4. The monoisotopic (exact) mass is 285 g/mol. The molecule has 0 amide bonds. The summed E-state index contributed by atoms with van der Waals surface area (Å²) in [6.07, 6.45) is 0. The Morgan fingerprint density at radius 1 is 0.800 bits per heavy atom. The molecule has 0 spiro atoms. The standard InChI is InChI=1S/C13H27N3.2C2H6/c1-4-14-9-13(10-14)11-15-6-7-16(5-2)12(3)8-15;2*1-2/h12-13H,4-11H2,1-3H3;2*1-2H3. The van der Waals surface area contributed by atoms with E-state index in [-0.39, 0.29) is 0 Å². The molecule has 2 aliphatic rings. The second-order valence-electron chi connectivity index (χ2n) is 5.46. The maximum atomic E-state index is 2.68. The molecule has 3 heteroatoms.